The Balaban J connectivity index is 1.35. The molecule has 2 saturated heterocycles. The van der Waals surface area contributed by atoms with Crippen LogP contribution in [0.4, 0.5) is 5.69 Å². The Labute approximate surface area is 213 Å². The molecule has 0 N–H and O–H groups in total. The van der Waals surface area contributed by atoms with Gasteiger partial charge in [0.2, 0.25) is 0 Å². The Morgan fingerprint density at radius 3 is 2.40 bits per heavy atom. The third-order valence-corrected chi connectivity index (χ3v) is 9.38. The highest BCUT2D eigenvalue weighted by Crippen LogP contribution is 2.41. The molecule has 5 rings (SSSR count). The first-order chi connectivity index (χ1) is 16.9. The number of amides is 1. The van der Waals surface area contributed by atoms with Gasteiger partial charge in [-0.2, -0.15) is 4.99 Å². The minimum Gasteiger partial charge on any atom is -0.489 e. The maximum absolute atomic E-state index is 12.8. The van der Waals surface area contributed by atoms with Crippen LogP contribution in [0.2, 0.25) is 5.02 Å². The van der Waals surface area contributed by atoms with Gasteiger partial charge in [0.05, 0.1) is 24.0 Å². The van der Waals surface area contributed by atoms with Gasteiger partial charge in [-0.3, -0.25) is 4.79 Å². The second-order valence-electron chi connectivity index (χ2n) is 8.53. The molecule has 0 aromatic heterocycles. The molecule has 2 fully saturated rings. The number of sulfone groups is 1. The number of amidine groups is 1. The molecule has 2 heterocycles. The van der Waals surface area contributed by atoms with E-state index in [2.05, 4.69) is 4.99 Å². The number of anilines is 1. The number of hydrogen-bond donors (Lipinski definition) is 0. The van der Waals surface area contributed by atoms with Crippen LogP contribution >= 0.6 is 23.4 Å². The van der Waals surface area contributed by atoms with Gasteiger partial charge in [0.1, 0.15) is 12.4 Å². The monoisotopic (exact) mass is 526 g/mol. The molecular formula is C26H23ClN2O4S2. The lowest BCUT2D eigenvalue weighted by molar-refractivity contribution is -0.117. The number of carbonyl (C=O) groups is 1. The number of hydrogen-bond acceptors (Lipinski definition) is 5. The second kappa shape index (κ2) is 10.0. The summed E-state index contributed by atoms with van der Waals surface area (Å²) >= 11 is 7.29. The van der Waals surface area contributed by atoms with Crippen molar-refractivity contribution in [2.75, 3.05) is 16.4 Å². The maximum Gasteiger partial charge on any atom is 0.252 e. The molecule has 0 aliphatic carbocycles. The number of rotatable bonds is 6. The van der Waals surface area contributed by atoms with Gasteiger partial charge in [-0.05, 0) is 47.5 Å². The first kappa shape index (κ1) is 23.9. The molecule has 0 unspecified atom stereocenters. The van der Waals surface area contributed by atoms with E-state index < -0.39 is 9.84 Å². The Hall–Kier alpha value is -2.81. The van der Waals surface area contributed by atoms with Crippen molar-refractivity contribution >= 4 is 50.0 Å². The van der Waals surface area contributed by atoms with Crippen LogP contribution in [-0.4, -0.2) is 42.3 Å². The zero-order chi connectivity index (χ0) is 24.4. The van der Waals surface area contributed by atoms with Crippen LogP contribution in [0.3, 0.4) is 0 Å². The van der Waals surface area contributed by atoms with Crippen molar-refractivity contribution in [1.82, 2.24) is 0 Å². The van der Waals surface area contributed by atoms with Gasteiger partial charge in [0.15, 0.2) is 15.0 Å². The fraction of sp³-hybridized carbons (Fsp3) is 0.231. The lowest BCUT2D eigenvalue weighted by atomic mass is 10.1. The lowest BCUT2D eigenvalue weighted by Gasteiger charge is -2.24. The van der Waals surface area contributed by atoms with Crippen molar-refractivity contribution in [3.8, 4) is 5.75 Å². The Morgan fingerprint density at radius 1 is 0.971 bits per heavy atom. The van der Waals surface area contributed by atoms with Crippen molar-refractivity contribution in [2.24, 2.45) is 4.99 Å². The number of carbonyl (C=O) groups excluding carboxylic acids is 1. The molecule has 0 saturated carbocycles. The summed E-state index contributed by atoms with van der Waals surface area (Å²) in [5, 5.41) is 0.984. The van der Waals surface area contributed by atoms with Crippen molar-refractivity contribution in [1.29, 1.82) is 0 Å². The molecular weight excluding hydrogens is 504 g/mol. The zero-order valence-corrected chi connectivity index (χ0v) is 21.1. The van der Waals surface area contributed by atoms with Gasteiger partial charge in [0, 0.05) is 16.0 Å². The number of fused-ring (bicyclic) bond motifs is 1. The number of benzene rings is 3. The highest BCUT2D eigenvalue weighted by molar-refractivity contribution is 8.16. The van der Waals surface area contributed by atoms with Crippen molar-refractivity contribution in [2.45, 2.75) is 24.3 Å². The fourth-order valence-corrected chi connectivity index (χ4v) is 8.29. The van der Waals surface area contributed by atoms with Crippen LogP contribution in [-0.2, 0) is 27.7 Å². The molecule has 180 valence electrons. The van der Waals surface area contributed by atoms with Crippen molar-refractivity contribution in [3.05, 3.63) is 95.0 Å². The van der Waals surface area contributed by atoms with Crippen LogP contribution < -0.4 is 9.64 Å². The minimum atomic E-state index is -3.14. The number of ether oxygens (including phenoxy) is 1. The number of nitrogens with zero attached hydrogens (tertiary/aromatic N) is 2. The Morgan fingerprint density at radius 2 is 1.69 bits per heavy atom. The first-order valence-electron chi connectivity index (χ1n) is 11.2. The van der Waals surface area contributed by atoms with E-state index in [9.17, 15) is 13.2 Å². The van der Waals surface area contributed by atoms with E-state index >= 15 is 0 Å². The van der Waals surface area contributed by atoms with E-state index in [1.54, 1.807) is 24.3 Å². The van der Waals surface area contributed by atoms with Crippen molar-refractivity contribution < 1.29 is 17.9 Å². The van der Waals surface area contributed by atoms with Gasteiger partial charge in [-0.15, -0.1) is 0 Å². The highest BCUT2D eigenvalue weighted by Gasteiger charge is 2.49. The first-order valence-corrected chi connectivity index (χ1v) is 14.2. The van der Waals surface area contributed by atoms with Gasteiger partial charge in [-0.1, -0.05) is 65.8 Å². The summed E-state index contributed by atoms with van der Waals surface area (Å²) in [4.78, 5) is 19.0. The number of aliphatic imine (C=N–C) groups is 1. The van der Waals surface area contributed by atoms with Crippen LogP contribution in [0.15, 0.2) is 83.9 Å². The molecule has 2 aliphatic rings. The Bertz CT molecular complexity index is 1340. The average molecular weight is 527 g/mol. The molecule has 6 nitrogen and oxygen atoms in total. The highest BCUT2D eigenvalue weighted by atomic mass is 35.5. The standard InChI is InChI=1S/C26H23ClN2O4S2/c27-20-8-6-18(7-9-20)14-25(30)28-26-29(23-16-35(31,32)17-24(23)34-26)21-10-12-22(13-11-21)33-15-19-4-2-1-3-5-19/h1-13,23-24H,14-17H2/t23-,24-/m1/s1. The molecule has 9 heteroatoms. The van der Waals surface area contributed by atoms with Crippen LogP contribution in [0, 0.1) is 0 Å². The van der Waals surface area contributed by atoms with Gasteiger partial charge in [0.25, 0.3) is 5.91 Å². The van der Waals surface area contributed by atoms with Crippen molar-refractivity contribution in [3.63, 3.8) is 0 Å². The summed E-state index contributed by atoms with van der Waals surface area (Å²) < 4.78 is 30.5. The number of halogens is 1. The molecule has 2 aliphatic heterocycles. The molecule has 0 radical (unpaired) electrons. The van der Waals surface area contributed by atoms with E-state index in [1.165, 1.54) is 11.8 Å². The molecule has 2 atom stereocenters. The molecule has 0 spiro atoms. The summed E-state index contributed by atoms with van der Waals surface area (Å²) in [7, 11) is -3.14. The molecule has 3 aromatic rings. The summed E-state index contributed by atoms with van der Waals surface area (Å²) in [6.07, 6.45) is 0.148. The van der Waals surface area contributed by atoms with E-state index in [1.807, 2.05) is 59.5 Å². The third-order valence-electron chi connectivity index (χ3n) is 5.92. The largest absolute Gasteiger partial charge is 0.489 e. The minimum absolute atomic E-state index is 0.0430. The van der Waals surface area contributed by atoms with Crippen LogP contribution in [0.5, 0.6) is 5.75 Å². The summed E-state index contributed by atoms with van der Waals surface area (Å²) in [5.74, 6) is 0.547. The van der Waals surface area contributed by atoms with Gasteiger partial charge >= 0.3 is 0 Å². The SMILES string of the molecule is O=C(Cc1ccc(Cl)cc1)N=C1S[C@@H]2CS(=O)(=O)C[C@H]2N1c1ccc(OCc2ccccc2)cc1. The molecule has 3 aromatic carbocycles. The zero-order valence-electron chi connectivity index (χ0n) is 18.7. The molecule has 35 heavy (non-hydrogen) atoms. The quantitative estimate of drug-likeness (QED) is 0.461. The molecule has 1 amide bonds. The van der Waals surface area contributed by atoms with E-state index in [0.717, 1.165) is 16.8 Å². The predicted octanol–water partition coefficient (Wildman–Crippen LogP) is 4.76. The topological polar surface area (TPSA) is 76.0 Å². The lowest BCUT2D eigenvalue weighted by Crippen LogP contribution is -2.37. The Kier molecular flexibility index (Phi) is 6.86. The van der Waals surface area contributed by atoms with E-state index in [-0.39, 0.29) is 35.1 Å². The fourth-order valence-electron chi connectivity index (χ4n) is 4.23. The number of thioether (sulfide) groups is 1. The van der Waals surface area contributed by atoms with Gasteiger partial charge < -0.3 is 9.64 Å². The summed E-state index contributed by atoms with van der Waals surface area (Å²) in [5.41, 5.74) is 2.67. The summed E-state index contributed by atoms with van der Waals surface area (Å²) in [6, 6.07) is 24.2. The van der Waals surface area contributed by atoms with Crippen LogP contribution in [0.1, 0.15) is 11.1 Å². The average Bonchev–Trinajstić information content (AvgIpc) is 3.30. The third kappa shape index (κ3) is 5.72. The smallest absolute Gasteiger partial charge is 0.252 e. The van der Waals surface area contributed by atoms with Crippen LogP contribution in [0.25, 0.3) is 0 Å². The second-order valence-corrected chi connectivity index (χ2v) is 12.3. The summed E-state index contributed by atoms with van der Waals surface area (Å²) in [6.45, 7) is 0.453. The van der Waals surface area contributed by atoms with Gasteiger partial charge in [-0.25, -0.2) is 8.42 Å². The van der Waals surface area contributed by atoms with E-state index in [4.69, 9.17) is 16.3 Å². The normalized spacial score (nSPS) is 21.7. The van der Waals surface area contributed by atoms with E-state index in [0.29, 0.717) is 22.5 Å². The maximum atomic E-state index is 12.8. The predicted molar refractivity (Wildman–Crippen MR) is 141 cm³/mol. The molecule has 0 bridgehead atoms.